The summed E-state index contributed by atoms with van der Waals surface area (Å²) in [6.45, 7) is 1.23. The number of carbonyl (C=O) groups is 1. The van der Waals surface area contributed by atoms with E-state index in [4.69, 9.17) is 32.7 Å². The van der Waals surface area contributed by atoms with Crippen molar-refractivity contribution in [2.75, 3.05) is 39.9 Å². The number of sulfonamides is 1. The summed E-state index contributed by atoms with van der Waals surface area (Å²) < 4.78 is 37.7. The van der Waals surface area contributed by atoms with Gasteiger partial charge in [-0.2, -0.15) is 4.31 Å². The summed E-state index contributed by atoms with van der Waals surface area (Å²) in [6, 6.07) is 11.6. The fourth-order valence-corrected chi connectivity index (χ4v) is 5.24. The van der Waals surface area contributed by atoms with Crippen molar-refractivity contribution in [1.82, 2.24) is 9.21 Å². The maximum Gasteiger partial charge on any atom is 0.244 e. The third kappa shape index (κ3) is 5.18. The van der Waals surface area contributed by atoms with Crippen LogP contribution in [0.5, 0.6) is 11.5 Å². The van der Waals surface area contributed by atoms with Crippen molar-refractivity contribution >= 4 is 39.1 Å². The fraction of sp³-hybridized carbons (Fsp3) is 0.350. The average molecular weight is 473 g/mol. The van der Waals surface area contributed by atoms with Gasteiger partial charge in [-0.05, 0) is 36.4 Å². The van der Waals surface area contributed by atoms with Crippen LogP contribution >= 0.6 is 23.2 Å². The lowest BCUT2D eigenvalue weighted by Gasteiger charge is -2.34. The van der Waals surface area contributed by atoms with Crippen LogP contribution in [0, 0.1) is 0 Å². The molecule has 10 heteroatoms. The number of ether oxygens (including phenoxy) is 2. The molecule has 1 aliphatic heterocycles. The van der Waals surface area contributed by atoms with Gasteiger partial charge in [0.05, 0.1) is 30.2 Å². The summed E-state index contributed by atoms with van der Waals surface area (Å²) in [5, 5.41) is 0.191. The predicted molar refractivity (Wildman–Crippen MR) is 115 cm³/mol. The molecule has 0 unspecified atom stereocenters. The molecule has 0 spiro atoms. The molecule has 0 aromatic heterocycles. The van der Waals surface area contributed by atoms with Gasteiger partial charge in [-0.15, -0.1) is 0 Å². The van der Waals surface area contributed by atoms with E-state index in [0.717, 1.165) is 5.75 Å². The molecule has 2 aromatic carbocycles. The van der Waals surface area contributed by atoms with E-state index in [2.05, 4.69) is 0 Å². The van der Waals surface area contributed by atoms with Gasteiger partial charge in [-0.25, -0.2) is 8.42 Å². The number of nitrogens with zero attached hydrogens (tertiary/aromatic N) is 2. The van der Waals surface area contributed by atoms with E-state index in [-0.39, 0.29) is 47.0 Å². The first-order valence-corrected chi connectivity index (χ1v) is 11.5. The largest absolute Gasteiger partial charge is 0.497 e. The molecule has 162 valence electrons. The van der Waals surface area contributed by atoms with E-state index >= 15 is 0 Å². The second-order valence-electron chi connectivity index (χ2n) is 6.61. The zero-order chi connectivity index (χ0) is 21.7. The topological polar surface area (TPSA) is 76.2 Å². The Morgan fingerprint density at radius 1 is 1.00 bits per heavy atom. The number of piperazine rings is 1. The van der Waals surface area contributed by atoms with Crippen LogP contribution in [0.4, 0.5) is 0 Å². The first-order chi connectivity index (χ1) is 14.3. The molecule has 0 saturated carbocycles. The lowest BCUT2D eigenvalue weighted by atomic mass is 10.3. The number of rotatable bonds is 7. The second kappa shape index (κ2) is 9.87. The van der Waals surface area contributed by atoms with Crippen molar-refractivity contribution in [2.45, 2.75) is 11.3 Å². The summed E-state index contributed by atoms with van der Waals surface area (Å²) in [5.41, 5.74) is 0. The van der Waals surface area contributed by atoms with Crippen molar-refractivity contribution in [3.63, 3.8) is 0 Å². The number of halogens is 2. The lowest BCUT2D eigenvalue weighted by molar-refractivity contribution is -0.132. The first-order valence-electron chi connectivity index (χ1n) is 9.31. The zero-order valence-corrected chi connectivity index (χ0v) is 18.7. The van der Waals surface area contributed by atoms with Crippen LogP contribution in [-0.2, 0) is 14.8 Å². The molecule has 30 heavy (non-hydrogen) atoms. The Labute approximate surface area is 186 Å². The Morgan fingerprint density at radius 3 is 2.27 bits per heavy atom. The van der Waals surface area contributed by atoms with Crippen LogP contribution in [0.15, 0.2) is 47.4 Å². The maximum atomic E-state index is 12.9. The third-order valence-electron chi connectivity index (χ3n) is 4.77. The lowest BCUT2D eigenvalue weighted by Crippen LogP contribution is -2.50. The summed E-state index contributed by atoms with van der Waals surface area (Å²) in [7, 11) is -2.19. The highest BCUT2D eigenvalue weighted by Crippen LogP contribution is 2.31. The Hall–Kier alpha value is -2.00. The number of hydrogen-bond acceptors (Lipinski definition) is 5. The first kappa shape index (κ1) is 22.7. The number of benzene rings is 2. The highest BCUT2D eigenvalue weighted by atomic mass is 35.5. The van der Waals surface area contributed by atoms with E-state index in [1.165, 1.54) is 16.4 Å². The summed E-state index contributed by atoms with van der Waals surface area (Å²) >= 11 is 12.0. The molecule has 0 bridgehead atoms. The molecular formula is C20H22Cl2N2O5S. The molecular weight excluding hydrogens is 451 g/mol. The molecule has 1 heterocycles. The van der Waals surface area contributed by atoms with Crippen LogP contribution in [0.25, 0.3) is 0 Å². The van der Waals surface area contributed by atoms with Crippen molar-refractivity contribution in [1.29, 1.82) is 0 Å². The number of carbonyl (C=O) groups excluding carboxylic acids is 1. The van der Waals surface area contributed by atoms with E-state index < -0.39 is 10.0 Å². The monoisotopic (exact) mass is 472 g/mol. The normalized spacial score (nSPS) is 15.1. The SMILES string of the molecule is COc1ccc(OCCC(=O)N2CCN(S(=O)(=O)c3cccc(Cl)c3Cl)CC2)cc1. The minimum absolute atomic E-state index is 0.00773. The maximum absolute atomic E-state index is 12.9. The van der Waals surface area contributed by atoms with E-state index in [1.807, 2.05) is 0 Å². The number of hydrogen-bond donors (Lipinski definition) is 0. The van der Waals surface area contributed by atoms with E-state index in [0.29, 0.717) is 18.8 Å². The Kier molecular flexibility index (Phi) is 7.46. The highest BCUT2D eigenvalue weighted by Gasteiger charge is 2.31. The molecule has 0 atom stereocenters. The fourth-order valence-electron chi connectivity index (χ4n) is 3.09. The molecule has 0 radical (unpaired) electrons. The zero-order valence-electron chi connectivity index (χ0n) is 16.4. The van der Waals surface area contributed by atoms with Gasteiger partial charge in [0.2, 0.25) is 15.9 Å². The van der Waals surface area contributed by atoms with Gasteiger partial charge in [0.1, 0.15) is 16.4 Å². The van der Waals surface area contributed by atoms with Crippen molar-refractivity contribution in [3.8, 4) is 11.5 Å². The van der Waals surface area contributed by atoms with Crippen LogP contribution in [-0.4, -0.2) is 63.4 Å². The van der Waals surface area contributed by atoms with Crippen molar-refractivity contribution < 1.29 is 22.7 Å². The molecule has 1 aliphatic rings. The summed E-state index contributed by atoms with van der Waals surface area (Å²) in [5.74, 6) is 1.30. The van der Waals surface area contributed by atoms with Crippen LogP contribution < -0.4 is 9.47 Å². The molecule has 0 N–H and O–H groups in total. The van der Waals surface area contributed by atoms with Crippen LogP contribution in [0.1, 0.15) is 6.42 Å². The Bertz CT molecular complexity index is 991. The third-order valence-corrected chi connectivity index (χ3v) is 7.64. The van der Waals surface area contributed by atoms with Crippen molar-refractivity contribution in [3.05, 3.63) is 52.5 Å². The van der Waals surface area contributed by atoms with Gasteiger partial charge in [0.15, 0.2) is 0 Å². The van der Waals surface area contributed by atoms with Gasteiger partial charge in [-0.3, -0.25) is 4.79 Å². The molecule has 1 saturated heterocycles. The predicted octanol–water partition coefficient (Wildman–Crippen LogP) is 3.30. The molecule has 2 aromatic rings. The number of amides is 1. The van der Waals surface area contributed by atoms with Crippen LogP contribution in [0.2, 0.25) is 10.0 Å². The van der Waals surface area contributed by atoms with Gasteiger partial charge in [0, 0.05) is 26.2 Å². The smallest absolute Gasteiger partial charge is 0.244 e. The standard InChI is InChI=1S/C20H22Cl2N2O5S/c1-28-15-5-7-16(8-6-15)29-14-9-19(25)23-10-12-24(13-11-23)30(26,27)18-4-2-3-17(21)20(18)22/h2-8H,9-14H2,1H3. The van der Waals surface area contributed by atoms with Gasteiger partial charge in [0.25, 0.3) is 0 Å². The molecule has 0 aliphatic carbocycles. The van der Waals surface area contributed by atoms with E-state index in [9.17, 15) is 13.2 Å². The second-order valence-corrected chi connectivity index (χ2v) is 9.30. The average Bonchev–Trinajstić information content (AvgIpc) is 2.76. The quantitative estimate of drug-likeness (QED) is 0.617. The molecule has 1 fully saturated rings. The Morgan fingerprint density at radius 2 is 1.63 bits per heavy atom. The minimum atomic E-state index is -3.78. The summed E-state index contributed by atoms with van der Waals surface area (Å²) in [6.07, 6.45) is 0.207. The van der Waals surface area contributed by atoms with Gasteiger partial charge in [-0.1, -0.05) is 29.3 Å². The highest BCUT2D eigenvalue weighted by molar-refractivity contribution is 7.89. The Balaban J connectivity index is 1.50. The van der Waals surface area contributed by atoms with E-state index in [1.54, 1.807) is 42.3 Å². The van der Waals surface area contributed by atoms with Crippen LogP contribution in [0.3, 0.4) is 0 Å². The van der Waals surface area contributed by atoms with Gasteiger partial charge >= 0.3 is 0 Å². The minimum Gasteiger partial charge on any atom is -0.497 e. The molecule has 7 nitrogen and oxygen atoms in total. The molecule has 3 rings (SSSR count). The molecule has 1 amide bonds. The van der Waals surface area contributed by atoms with Gasteiger partial charge < -0.3 is 14.4 Å². The number of methoxy groups -OCH3 is 1. The van der Waals surface area contributed by atoms with Crippen molar-refractivity contribution in [2.24, 2.45) is 0 Å². The summed E-state index contributed by atoms with van der Waals surface area (Å²) in [4.78, 5) is 14.1.